The number of carbonyl (C=O) groups is 1. The zero-order valence-corrected chi connectivity index (χ0v) is 14.8. The summed E-state index contributed by atoms with van der Waals surface area (Å²) in [4.78, 5) is 19.3. The van der Waals surface area contributed by atoms with E-state index in [2.05, 4.69) is 15.2 Å². The number of hydrogen-bond acceptors (Lipinski definition) is 3. The highest BCUT2D eigenvalue weighted by Crippen LogP contribution is 2.28. The van der Waals surface area contributed by atoms with Crippen molar-refractivity contribution >= 4 is 48.0 Å². The molecule has 0 aromatic carbocycles. The van der Waals surface area contributed by atoms with Crippen LogP contribution >= 0.6 is 36.4 Å². The molecule has 2 aromatic heterocycles. The molecule has 1 atom stereocenters. The molecule has 0 spiro atoms. The number of halogens is 3. The van der Waals surface area contributed by atoms with Crippen LogP contribution < -0.4 is 5.32 Å². The first-order valence-corrected chi connectivity index (χ1v) is 7.74. The molecule has 2 aromatic rings. The molecule has 5 rings (SSSR count). The smallest absolute Gasteiger partial charge is 0.255 e. The van der Waals surface area contributed by atoms with Crippen LogP contribution in [0.5, 0.6) is 0 Å². The van der Waals surface area contributed by atoms with Gasteiger partial charge in [0.2, 0.25) is 0 Å². The Kier molecular flexibility index (Phi) is 5.79. The van der Waals surface area contributed by atoms with E-state index in [1.807, 2.05) is 0 Å². The standard InChI is InChI=1S/C15H17ClN4O.2ClH/c16-11-7-12(14-17-3-6-20(14)8-11)15(21)18-13-9-19-4-1-10(13)2-5-19;;/h3,6-8,10,13H,1-2,4-5,9H2,(H,18,21);2*1H. The number of hydrogen-bond donors (Lipinski definition) is 1. The fourth-order valence-corrected chi connectivity index (χ4v) is 3.75. The SMILES string of the molecule is Cl.Cl.O=C(NC1CN2CCC1CC2)c1cc(Cl)cn2ccnc12. The lowest BCUT2D eigenvalue weighted by atomic mass is 9.84. The van der Waals surface area contributed by atoms with Crippen molar-refractivity contribution in [1.82, 2.24) is 19.6 Å². The first-order chi connectivity index (χ1) is 10.2. The summed E-state index contributed by atoms with van der Waals surface area (Å²) < 4.78 is 1.79. The third-order valence-electron chi connectivity index (χ3n) is 4.67. The molecule has 3 saturated heterocycles. The lowest BCUT2D eigenvalue weighted by Gasteiger charge is -2.44. The molecular formula is C15H19Cl3N4O. The van der Waals surface area contributed by atoms with Gasteiger partial charge in [-0.2, -0.15) is 0 Å². The molecule has 5 nitrogen and oxygen atoms in total. The van der Waals surface area contributed by atoms with Gasteiger partial charge in [0.1, 0.15) is 5.65 Å². The minimum absolute atomic E-state index is 0. The molecule has 2 bridgehead atoms. The lowest BCUT2D eigenvalue weighted by molar-refractivity contribution is 0.0621. The van der Waals surface area contributed by atoms with Crippen molar-refractivity contribution in [2.24, 2.45) is 5.92 Å². The largest absolute Gasteiger partial charge is 0.348 e. The van der Waals surface area contributed by atoms with Crippen LogP contribution in [0.25, 0.3) is 5.65 Å². The van der Waals surface area contributed by atoms with Gasteiger partial charge in [-0.1, -0.05) is 11.6 Å². The van der Waals surface area contributed by atoms with Gasteiger partial charge in [-0.15, -0.1) is 24.8 Å². The maximum Gasteiger partial charge on any atom is 0.255 e. The molecule has 0 aliphatic carbocycles. The van der Waals surface area contributed by atoms with Crippen molar-refractivity contribution in [2.45, 2.75) is 18.9 Å². The van der Waals surface area contributed by atoms with Crippen LogP contribution in [0.1, 0.15) is 23.2 Å². The molecule has 126 valence electrons. The average molecular weight is 378 g/mol. The third-order valence-corrected chi connectivity index (χ3v) is 4.88. The minimum atomic E-state index is -0.0764. The van der Waals surface area contributed by atoms with E-state index < -0.39 is 0 Å². The summed E-state index contributed by atoms with van der Waals surface area (Å²) in [7, 11) is 0. The Morgan fingerprint density at radius 3 is 2.70 bits per heavy atom. The predicted octanol–water partition coefficient (Wildman–Crippen LogP) is 2.66. The topological polar surface area (TPSA) is 49.6 Å². The summed E-state index contributed by atoms with van der Waals surface area (Å²) in [6.45, 7) is 3.29. The van der Waals surface area contributed by atoms with Crippen LogP contribution in [0.3, 0.4) is 0 Å². The number of rotatable bonds is 2. The lowest BCUT2D eigenvalue weighted by Crippen LogP contribution is -2.57. The summed E-state index contributed by atoms with van der Waals surface area (Å²) in [6, 6.07) is 1.94. The molecule has 1 N–H and O–H groups in total. The van der Waals surface area contributed by atoms with Gasteiger partial charge in [0, 0.05) is 31.2 Å². The molecule has 1 unspecified atom stereocenters. The van der Waals surface area contributed by atoms with E-state index in [1.54, 1.807) is 29.1 Å². The predicted molar refractivity (Wildman–Crippen MR) is 95.1 cm³/mol. The van der Waals surface area contributed by atoms with Gasteiger partial charge in [-0.3, -0.25) is 4.79 Å². The monoisotopic (exact) mass is 376 g/mol. The summed E-state index contributed by atoms with van der Waals surface area (Å²) in [5.41, 5.74) is 1.20. The third kappa shape index (κ3) is 3.43. The van der Waals surface area contributed by atoms with E-state index in [-0.39, 0.29) is 36.8 Å². The zero-order chi connectivity index (χ0) is 14.4. The summed E-state index contributed by atoms with van der Waals surface area (Å²) in [5.74, 6) is 0.529. The Morgan fingerprint density at radius 1 is 1.30 bits per heavy atom. The van der Waals surface area contributed by atoms with Crippen LogP contribution in [-0.4, -0.2) is 45.9 Å². The normalized spacial score (nSPS) is 25.5. The molecule has 0 radical (unpaired) electrons. The number of amides is 1. The van der Waals surface area contributed by atoms with Crippen LogP contribution in [0.2, 0.25) is 5.02 Å². The van der Waals surface area contributed by atoms with Crippen LogP contribution in [0, 0.1) is 5.92 Å². The number of pyridine rings is 1. The fraction of sp³-hybridized carbons (Fsp3) is 0.467. The van der Waals surface area contributed by atoms with Gasteiger partial charge >= 0.3 is 0 Å². The highest BCUT2D eigenvalue weighted by atomic mass is 35.5. The van der Waals surface area contributed by atoms with E-state index in [0.717, 1.165) is 6.54 Å². The summed E-state index contributed by atoms with van der Waals surface area (Å²) >= 11 is 6.09. The first kappa shape index (κ1) is 18.3. The number of nitrogens with one attached hydrogen (secondary N) is 1. The highest BCUT2D eigenvalue weighted by Gasteiger charge is 2.35. The first-order valence-electron chi connectivity index (χ1n) is 7.36. The van der Waals surface area contributed by atoms with Gasteiger partial charge < -0.3 is 14.6 Å². The highest BCUT2D eigenvalue weighted by molar-refractivity contribution is 6.31. The fourth-order valence-electron chi connectivity index (χ4n) is 3.54. The number of piperidine rings is 3. The van der Waals surface area contributed by atoms with Gasteiger partial charge in [-0.05, 0) is 37.9 Å². The van der Waals surface area contributed by atoms with E-state index >= 15 is 0 Å². The molecular weight excluding hydrogens is 359 g/mol. The Balaban J connectivity index is 0.000000960. The van der Waals surface area contributed by atoms with E-state index in [0.29, 0.717) is 22.2 Å². The summed E-state index contributed by atoms with van der Waals surface area (Å²) in [5, 5.41) is 3.72. The Bertz CT molecular complexity index is 697. The van der Waals surface area contributed by atoms with Crippen molar-refractivity contribution in [3.8, 4) is 0 Å². The molecule has 0 saturated carbocycles. The second-order valence-electron chi connectivity index (χ2n) is 5.95. The van der Waals surface area contributed by atoms with Crippen LogP contribution in [0.15, 0.2) is 24.7 Å². The molecule has 3 aliphatic rings. The molecule has 5 heterocycles. The van der Waals surface area contributed by atoms with E-state index in [1.165, 1.54) is 25.9 Å². The van der Waals surface area contributed by atoms with Crippen LogP contribution in [0.4, 0.5) is 0 Å². The van der Waals surface area contributed by atoms with Crippen molar-refractivity contribution in [2.75, 3.05) is 19.6 Å². The second-order valence-corrected chi connectivity index (χ2v) is 6.38. The molecule has 23 heavy (non-hydrogen) atoms. The molecule has 3 fully saturated rings. The quantitative estimate of drug-likeness (QED) is 0.875. The van der Waals surface area contributed by atoms with Gasteiger partial charge in [0.05, 0.1) is 10.6 Å². The average Bonchev–Trinajstić information content (AvgIpc) is 2.95. The van der Waals surface area contributed by atoms with Gasteiger partial charge in [-0.25, -0.2) is 4.98 Å². The maximum atomic E-state index is 12.6. The number of nitrogens with zero attached hydrogens (tertiary/aromatic N) is 3. The van der Waals surface area contributed by atoms with Gasteiger partial charge in [0.15, 0.2) is 0 Å². The Labute approximate surface area is 152 Å². The minimum Gasteiger partial charge on any atom is -0.348 e. The number of carbonyl (C=O) groups excluding carboxylic acids is 1. The molecule has 1 amide bonds. The number of fused-ring (bicyclic) bond motifs is 4. The summed E-state index contributed by atoms with van der Waals surface area (Å²) in [6.07, 6.45) is 7.59. The van der Waals surface area contributed by atoms with Crippen molar-refractivity contribution in [3.63, 3.8) is 0 Å². The van der Waals surface area contributed by atoms with Crippen LogP contribution in [-0.2, 0) is 0 Å². The van der Waals surface area contributed by atoms with Gasteiger partial charge in [0.25, 0.3) is 5.91 Å². The number of imidazole rings is 1. The zero-order valence-electron chi connectivity index (χ0n) is 12.4. The maximum absolute atomic E-state index is 12.6. The second kappa shape index (κ2) is 7.26. The molecule has 8 heteroatoms. The van der Waals surface area contributed by atoms with Crippen molar-refractivity contribution < 1.29 is 4.79 Å². The van der Waals surface area contributed by atoms with Crippen molar-refractivity contribution in [1.29, 1.82) is 0 Å². The van der Waals surface area contributed by atoms with E-state index in [9.17, 15) is 4.79 Å². The Morgan fingerprint density at radius 2 is 2.04 bits per heavy atom. The van der Waals surface area contributed by atoms with E-state index in [4.69, 9.17) is 11.6 Å². The van der Waals surface area contributed by atoms with Crippen molar-refractivity contribution in [3.05, 3.63) is 35.2 Å². The Hall–Kier alpha value is -1.01. The number of aromatic nitrogens is 2. The molecule has 3 aliphatic heterocycles.